The summed E-state index contributed by atoms with van der Waals surface area (Å²) in [7, 11) is 0. The zero-order chi connectivity index (χ0) is 19.9. The molecule has 142 valence electrons. The SMILES string of the molecule is Cc1cc(C)c(NC(=O)C2CC2C(=O)Nc2ccc(F)c(F)c2F)c(Cl)c1. The smallest absolute Gasteiger partial charge is 0.228 e. The number of carbonyl (C=O) groups excluding carboxylic acids is 2. The average Bonchev–Trinajstić information content (AvgIpc) is 3.39. The molecule has 2 amide bonds. The molecular formula is C19H16ClF3N2O2. The van der Waals surface area contributed by atoms with Gasteiger partial charge >= 0.3 is 0 Å². The van der Waals surface area contributed by atoms with E-state index in [9.17, 15) is 22.8 Å². The van der Waals surface area contributed by atoms with Gasteiger partial charge in [0.1, 0.15) is 0 Å². The third kappa shape index (κ3) is 3.93. The van der Waals surface area contributed by atoms with Gasteiger partial charge in [-0.3, -0.25) is 9.59 Å². The van der Waals surface area contributed by atoms with Gasteiger partial charge in [-0.2, -0.15) is 0 Å². The van der Waals surface area contributed by atoms with E-state index < -0.39 is 40.9 Å². The Hall–Kier alpha value is -2.54. The summed E-state index contributed by atoms with van der Waals surface area (Å²) in [5.74, 6) is -6.78. The average molecular weight is 397 g/mol. The lowest BCUT2D eigenvalue weighted by Gasteiger charge is -2.11. The Labute approximate surface area is 158 Å². The maximum absolute atomic E-state index is 13.6. The second-order valence-electron chi connectivity index (χ2n) is 6.59. The van der Waals surface area contributed by atoms with Crippen LogP contribution in [-0.4, -0.2) is 11.8 Å². The first-order chi connectivity index (χ1) is 12.7. The third-order valence-electron chi connectivity index (χ3n) is 4.44. The summed E-state index contributed by atoms with van der Waals surface area (Å²) in [6.45, 7) is 3.68. The Morgan fingerprint density at radius 2 is 1.63 bits per heavy atom. The van der Waals surface area contributed by atoms with Gasteiger partial charge in [-0.25, -0.2) is 13.2 Å². The Bertz CT molecular complexity index is 926. The van der Waals surface area contributed by atoms with Crippen LogP contribution < -0.4 is 10.6 Å². The number of hydrogen-bond acceptors (Lipinski definition) is 2. The van der Waals surface area contributed by atoms with E-state index in [1.54, 1.807) is 13.0 Å². The van der Waals surface area contributed by atoms with E-state index in [1.807, 2.05) is 13.0 Å². The molecule has 27 heavy (non-hydrogen) atoms. The summed E-state index contributed by atoms with van der Waals surface area (Å²) in [4.78, 5) is 24.5. The minimum absolute atomic E-state index is 0.269. The van der Waals surface area contributed by atoms with Crippen molar-refractivity contribution in [2.24, 2.45) is 11.8 Å². The highest BCUT2D eigenvalue weighted by molar-refractivity contribution is 6.34. The zero-order valence-corrected chi connectivity index (χ0v) is 15.3. The Morgan fingerprint density at radius 1 is 1.00 bits per heavy atom. The number of rotatable bonds is 4. The summed E-state index contributed by atoms with van der Waals surface area (Å²) < 4.78 is 39.8. The van der Waals surface area contributed by atoms with Crippen molar-refractivity contribution in [1.29, 1.82) is 0 Å². The van der Waals surface area contributed by atoms with E-state index in [-0.39, 0.29) is 12.3 Å². The fourth-order valence-corrected chi connectivity index (χ4v) is 3.28. The van der Waals surface area contributed by atoms with E-state index in [0.717, 1.165) is 17.2 Å². The number of aryl methyl sites for hydroxylation is 2. The Morgan fingerprint density at radius 3 is 2.26 bits per heavy atom. The monoisotopic (exact) mass is 396 g/mol. The second-order valence-corrected chi connectivity index (χ2v) is 7.00. The van der Waals surface area contributed by atoms with Gasteiger partial charge in [0.15, 0.2) is 17.5 Å². The molecule has 0 heterocycles. The molecule has 2 N–H and O–H groups in total. The van der Waals surface area contributed by atoms with Crippen LogP contribution in [0, 0.1) is 43.1 Å². The first kappa shape index (κ1) is 19.2. The normalized spacial score (nSPS) is 18.1. The summed E-state index contributed by atoms with van der Waals surface area (Å²) in [5, 5.41) is 5.30. The molecule has 1 aliphatic carbocycles. The molecule has 2 atom stereocenters. The van der Waals surface area contributed by atoms with E-state index in [4.69, 9.17) is 11.6 Å². The van der Waals surface area contributed by atoms with Crippen LogP contribution in [0.4, 0.5) is 24.5 Å². The summed E-state index contributed by atoms with van der Waals surface area (Å²) in [6, 6.07) is 5.23. The van der Waals surface area contributed by atoms with Crippen molar-refractivity contribution in [3.8, 4) is 0 Å². The van der Waals surface area contributed by atoms with Crippen LogP contribution in [0.25, 0.3) is 0 Å². The molecular weight excluding hydrogens is 381 g/mol. The molecule has 0 radical (unpaired) electrons. The minimum Gasteiger partial charge on any atom is -0.324 e. The van der Waals surface area contributed by atoms with Crippen LogP contribution in [0.3, 0.4) is 0 Å². The van der Waals surface area contributed by atoms with Gasteiger partial charge in [0, 0.05) is 0 Å². The number of anilines is 2. The molecule has 0 spiro atoms. The van der Waals surface area contributed by atoms with Crippen molar-refractivity contribution in [2.75, 3.05) is 10.6 Å². The molecule has 1 saturated carbocycles. The maximum Gasteiger partial charge on any atom is 0.228 e. The van der Waals surface area contributed by atoms with Gasteiger partial charge < -0.3 is 10.6 Å². The van der Waals surface area contributed by atoms with Crippen molar-refractivity contribution < 1.29 is 22.8 Å². The van der Waals surface area contributed by atoms with E-state index in [1.165, 1.54) is 0 Å². The van der Waals surface area contributed by atoms with Gasteiger partial charge in [0.2, 0.25) is 11.8 Å². The van der Waals surface area contributed by atoms with Gasteiger partial charge in [-0.15, -0.1) is 0 Å². The molecule has 0 aromatic heterocycles. The van der Waals surface area contributed by atoms with Crippen LogP contribution in [-0.2, 0) is 9.59 Å². The molecule has 3 rings (SSSR count). The van der Waals surface area contributed by atoms with E-state index >= 15 is 0 Å². The summed E-state index contributed by atoms with van der Waals surface area (Å²) >= 11 is 6.15. The van der Waals surface area contributed by atoms with Crippen LogP contribution in [0.1, 0.15) is 17.5 Å². The second kappa shape index (κ2) is 7.23. The molecule has 1 fully saturated rings. The largest absolute Gasteiger partial charge is 0.324 e. The lowest BCUT2D eigenvalue weighted by atomic mass is 10.1. The number of hydrogen-bond donors (Lipinski definition) is 2. The highest BCUT2D eigenvalue weighted by atomic mass is 35.5. The van der Waals surface area contributed by atoms with Gasteiger partial charge in [0.25, 0.3) is 0 Å². The third-order valence-corrected chi connectivity index (χ3v) is 4.74. The van der Waals surface area contributed by atoms with Crippen molar-refractivity contribution in [3.05, 3.63) is 57.9 Å². The van der Waals surface area contributed by atoms with Gasteiger partial charge in [-0.05, 0) is 49.6 Å². The van der Waals surface area contributed by atoms with Crippen molar-refractivity contribution in [3.63, 3.8) is 0 Å². The lowest BCUT2D eigenvalue weighted by Crippen LogP contribution is -2.21. The highest BCUT2D eigenvalue weighted by Gasteiger charge is 2.48. The van der Waals surface area contributed by atoms with Crippen molar-refractivity contribution in [1.82, 2.24) is 0 Å². The lowest BCUT2D eigenvalue weighted by molar-refractivity contribution is -0.122. The van der Waals surface area contributed by atoms with Crippen LogP contribution >= 0.6 is 11.6 Å². The molecule has 8 heteroatoms. The molecule has 2 aromatic carbocycles. The number of benzene rings is 2. The Balaban J connectivity index is 1.65. The first-order valence-electron chi connectivity index (χ1n) is 8.21. The summed E-state index contributed by atoms with van der Waals surface area (Å²) in [5.41, 5.74) is 1.75. The number of halogens is 4. The standard InChI is InChI=1S/C19H16ClF3N2O2/c1-8-5-9(2)17(12(20)6-8)25-19(27)11-7-10(11)18(26)24-14-4-3-13(21)15(22)16(14)23/h3-6,10-11H,7H2,1-2H3,(H,24,26)(H,25,27). The van der Waals surface area contributed by atoms with Crippen LogP contribution in [0.2, 0.25) is 5.02 Å². The molecule has 1 aliphatic rings. The fraction of sp³-hybridized carbons (Fsp3) is 0.263. The quantitative estimate of drug-likeness (QED) is 0.743. The fourth-order valence-electron chi connectivity index (χ4n) is 2.91. The number of carbonyl (C=O) groups is 2. The highest BCUT2D eigenvalue weighted by Crippen LogP contribution is 2.41. The van der Waals surface area contributed by atoms with E-state index in [2.05, 4.69) is 10.6 Å². The molecule has 0 bridgehead atoms. The van der Waals surface area contributed by atoms with Gasteiger partial charge in [0.05, 0.1) is 28.2 Å². The van der Waals surface area contributed by atoms with Crippen LogP contribution in [0.15, 0.2) is 24.3 Å². The first-order valence-corrected chi connectivity index (χ1v) is 8.58. The van der Waals surface area contributed by atoms with Crippen molar-refractivity contribution >= 4 is 34.8 Å². The topological polar surface area (TPSA) is 58.2 Å². The summed E-state index contributed by atoms with van der Waals surface area (Å²) in [6.07, 6.45) is 0.269. The Kier molecular flexibility index (Phi) is 5.15. The number of nitrogens with one attached hydrogen (secondary N) is 2. The zero-order valence-electron chi connectivity index (χ0n) is 14.5. The van der Waals surface area contributed by atoms with Crippen molar-refractivity contribution in [2.45, 2.75) is 20.3 Å². The van der Waals surface area contributed by atoms with Crippen LogP contribution in [0.5, 0.6) is 0 Å². The molecule has 4 nitrogen and oxygen atoms in total. The number of amides is 2. The predicted octanol–water partition coefficient (Wildman–Crippen LogP) is 4.59. The molecule has 2 unspecified atom stereocenters. The molecule has 2 aromatic rings. The molecule has 0 saturated heterocycles. The van der Waals surface area contributed by atoms with E-state index in [0.29, 0.717) is 16.8 Å². The molecule has 0 aliphatic heterocycles. The predicted molar refractivity (Wildman–Crippen MR) is 96.1 cm³/mol. The maximum atomic E-state index is 13.6. The van der Waals surface area contributed by atoms with Gasteiger partial charge in [-0.1, -0.05) is 17.7 Å². The minimum atomic E-state index is -1.66.